The Morgan fingerprint density at radius 1 is 1.08 bits per heavy atom. The van der Waals surface area contributed by atoms with Crippen molar-refractivity contribution in [2.75, 3.05) is 19.6 Å². The Labute approximate surface area is 149 Å². The number of amides is 1. The van der Waals surface area contributed by atoms with Gasteiger partial charge >= 0.3 is 6.18 Å². The number of halogens is 3. The summed E-state index contributed by atoms with van der Waals surface area (Å²) in [7, 11) is 0. The van der Waals surface area contributed by atoms with Crippen LogP contribution in [0.3, 0.4) is 0 Å². The molecule has 136 valence electrons. The molecule has 0 bridgehead atoms. The van der Waals surface area contributed by atoms with Crippen LogP contribution >= 0.6 is 0 Å². The van der Waals surface area contributed by atoms with Crippen molar-refractivity contribution in [1.29, 1.82) is 0 Å². The number of carbonyl (C=O) groups is 1. The first-order valence-electron chi connectivity index (χ1n) is 8.38. The van der Waals surface area contributed by atoms with Crippen molar-refractivity contribution in [3.63, 3.8) is 0 Å². The van der Waals surface area contributed by atoms with Gasteiger partial charge in [0.2, 0.25) is 0 Å². The second kappa shape index (κ2) is 7.74. The van der Waals surface area contributed by atoms with E-state index in [0.717, 1.165) is 31.6 Å². The number of benzene rings is 2. The maximum atomic E-state index is 12.7. The van der Waals surface area contributed by atoms with E-state index in [1.807, 2.05) is 0 Å². The topological polar surface area (TPSA) is 41.1 Å². The van der Waals surface area contributed by atoms with E-state index in [2.05, 4.69) is 16.7 Å². The van der Waals surface area contributed by atoms with Gasteiger partial charge in [-0.25, -0.2) is 0 Å². The molecular formula is C20H19F3N2O. The van der Waals surface area contributed by atoms with Gasteiger partial charge in [-0.3, -0.25) is 4.79 Å². The van der Waals surface area contributed by atoms with Crippen LogP contribution in [0.5, 0.6) is 0 Å². The fourth-order valence-corrected chi connectivity index (χ4v) is 2.89. The molecule has 1 aliphatic rings. The molecule has 0 spiro atoms. The average molecular weight is 360 g/mol. The van der Waals surface area contributed by atoms with Gasteiger partial charge in [0.15, 0.2) is 0 Å². The molecule has 0 fully saturated rings. The zero-order chi connectivity index (χ0) is 18.6. The van der Waals surface area contributed by atoms with Crippen molar-refractivity contribution in [3.05, 3.63) is 71.3 Å². The van der Waals surface area contributed by atoms with Gasteiger partial charge < -0.3 is 10.6 Å². The summed E-state index contributed by atoms with van der Waals surface area (Å²) in [5.74, 6) is -0.236. The molecule has 2 N–H and O–H groups in total. The van der Waals surface area contributed by atoms with Crippen molar-refractivity contribution in [3.8, 4) is 11.1 Å². The minimum atomic E-state index is -4.38. The Hall–Kier alpha value is -2.60. The maximum Gasteiger partial charge on any atom is 0.416 e. The van der Waals surface area contributed by atoms with E-state index in [1.165, 1.54) is 17.7 Å². The van der Waals surface area contributed by atoms with E-state index in [-0.39, 0.29) is 5.91 Å². The summed E-state index contributed by atoms with van der Waals surface area (Å²) in [5.41, 5.74) is 2.09. The summed E-state index contributed by atoms with van der Waals surface area (Å²) in [4.78, 5) is 12.6. The lowest BCUT2D eigenvalue weighted by atomic mass is 9.98. The fourth-order valence-electron chi connectivity index (χ4n) is 2.89. The Morgan fingerprint density at radius 3 is 2.46 bits per heavy atom. The number of nitrogens with one attached hydrogen (secondary N) is 2. The molecule has 1 amide bonds. The Kier molecular flexibility index (Phi) is 5.42. The number of hydrogen-bond donors (Lipinski definition) is 2. The highest BCUT2D eigenvalue weighted by molar-refractivity contribution is 6.01. The molecule has 0 radical (unpaired) electrons. The zero-order valence-corrected chi connectivity index (χ0v) is 14.1. The van der Waals surface area contributed by atoms with Gasteiger partial charge in [0.25, 0.3) is 5.91 Å². The van der Waals surface area contributed by atoms with E-state index < -0.39 is 11.7 Å². The van der Waals surface area contributed by atoms with E-state index >= 15 is 0 Å². The van der Waals surface area contributed by atoms with Gasteiger partial charge in [0.05, 0.1) is 5.56 Å². The lowest BCUT2D eigenvalue weighted by Crippen LogP contribution is -2.29. The number of hydrogen-bond acceptors (Lipinski definition) is 2. The highest BCUT2D eigenvalue weighted by Crippen LogP contribution is 2.31. The first-order chi connectivity index (χ1) is 12.4. The molecule has 0 aliphatic carbocycles. The molecule has 2 aromatic rings. The van der Waals surface area contributed by atoms with E-state index in [4.69, 9.17) is 0 Å². The first kappa shape index (κ1) is 18.2. The monoisotopic (exact) mass is 360 g/mol. The molecule has 6 heteroatoms. The highest BCUT2D eigenvalue weighted by atomic mass is 19.4. The molecule has 26 heavy (non-hydrogen) atoms. The summed E-state index contributed by atoms with van der Waals surface area (Å²) in [6, 6.07) is 11.8. The van der Waals surface area contributed by atoms with Crippen LogP contribution in [-0.4, -0.2) is 25.5 Å². The third-order valence-electron chi connectivity index (χ3n) is 4.33. The van der Waals surface area contributed by atoms with Crippen LogP contribution in [0.1, 0.15) is 22.3 Å². The Morgan fingerprint density at radius 2 is 1.81 bits per heavy atom. The third kappa shape index (κ3) is 4.32. The molecule has 0 saturated carbocycles. The molecule has 0 aromatic heterocycles. The van der Waals surface area contributed by atoms with Gasteiger partial charge in [-0.1, -0.05) is 42.0 Å². The first-order valence-corrected chi connectivity index (χ1v) is 8.38. The lowest BCUT2D eigenvalue weighted by molar-refractivity contribution is -0.137. The number of rotatable bonds is 4. The van der Waals surface area contributed by atoms with E-state index in [1.54, 1.807) is 24.3 Å². The maximum absolute atomic E-state index is 12.7. The third-order valence-corrected chi connectivity index (χ3v) is 4.33. The SMILES string of the molecule is O=C(NCC1=CCNCC1)c1ccccc1-c1ccc(C(F)(F)F)cc1. The second-order valence-electron chi connectivity index (χ2n) is 6.12. The van der Waals surface area contributed by atoms with Crippen LogP contribution in [0.15, 0.2) is 60.2 Å². The predicted octanol–water partition coefficient (Wildman–Crippen LogP) is 4.02. The number of carbonyl (C=O) groups excluding carboxylic acids is 1. The molecule has 1 heterocycles. The molecule has 1 aliphatic heterocycles. The van der Waals surface area contributed by atoms with Gasteiger partial charge in [0, 0.05) is 18.7 Å². The minimum absolute atomic E-state index is 0.236. The highest BCUT2D eigenvalue weighted by Gasteiger charge is 2.30. The summed E-state index contributed by atoms with van der Waals surface area (Å²) in [5, 5.41) is 6.11. The minimum Gasteiger partial charge on any atom is -0.348 e. The Balaban J connectivity index is 1.79. The van der Waals surface area contributed by atoms with E-state index in [9.17, 15) is 18.0 Å². The van der Waals surface area contributed by atoms with Crippen LogP contribution in [0.25, 0.3) is 11.1 Å². The predicted molar refractivity (Wildman–Crippen MR) is 94.8 cm³/mol. The molecule has 3 nitrogen and oxygen atoms in total. The molecule has 3 rings (SSSR count). The van der Waals surface area contributed by atoms with Gasteiger partial charge in [-0.2, -0.15) is 13.2 Å². The van der Waals surface area contributed by atoms with Crippen molar-refractivity contribution in [2.45, 2.75) is 12.6 Å². The van der Waals surface area contributed by atoms with Crippen molar-refractivity contribution in [1.82, 2.24) is 10.6 Å². The summed E-state index contributed by atoms with van der Waals surface area (Å²) >= 11 is 0. The normalized spacial score (nSPS) is 14.7. The quantitative estimate of drug-likeness (QED) is 0.809. The molecular weight excluding hydrogens is 341 g/mol. The standard InChI is InChI=1S/C20H19F3N2O/c21-20(22,23)16-7-5-15(6-8-16)17-3-1-2-4-18(17)19(26)25-13-14-9-11-24-12-10-14/h1-9,24H,10-13H2,(H,25,26). The van der Waals surface area contributed by atoms with Crippen molar-refractivity contribution in [2.24, 2.45) is 0 Å². The zero-order valence-electron chi connectivity index (χ0n) is 14.1. The average Bonchev–Trinajstić information content (AvgIpc) is 2.66. The van der Waals surface area contributed by atoms with Gasteiger partial charge in [-0.15, -0.1) is 0 Å². The Bertz CT molecular complexity index is 811. The van der Waals surface area contributed by atoms with Crippen LogP contribution in [0.4, 0.5) is 13.2 Å². The fraction of sp³-hybridized carbons (Fsp3) is 0.250. The van der Waals surface area contributed by atoms with E-state index in [0.29, 0.717) is 23.2 Å². The lowest BCUT2D eigenvalue weighted by Gasteiger charge is -2.16. The van der Waals surface area contributed by atoms with Crippen molar-refractivity contribution < 1.29 is 18.0 Å². The molecule has 0 unspecified atom stereocenters. The van der Waals surface area contributed by atoms with Crippen LogP contribution in [-0.2, 0) is 6.18 Å². The number of alkyl halides is 3. The molecule has 0 saturated heterocycles. The second-order valence-corrected chi connectivity index (χ2v) is 6.12. The largest absolute Gasteiger partial charge is 0.416 e. The van der Waals surface area contributed by atoms with Gasteiger partial charge in [-0.05, 0) is 42.3 Å². The smallest absolute Gasteiger partial charge is 0.348 e. The molecule has 0 atom stereocenters. The van der Waals surface area contributed by atoms with Crippen molar-refractivity contribution >= 4 is 5.91 Å². The van der Waals surface area contributed by atoms with Crippen LogP contribution in [0, 0.1) is 0 Å². The summed E-state index contributed by atoms with van der Waals surface area (Å²) < 4.78 is 38.2. The van der Waals surface area contributed by atoms with Crippen LogP contribution in [0.2, 0.25) is 0 Å². The van der Waals surface area contributed by atoms with Crippen LogP contribution < -0.4 is 10.6 Å². The van der Waals surface area contributed by atoms with Gasteiger partial charge in [0.1, 0.15) is 0 Å². The summed E-state index contributed by atoms with van der Waals surface area (Å²) in [6.45, 7) is 2.17. The summed E-state index contributed by atoms with van der Waals surface area (Å²) in [6.07, 6.45) is -1.43. The molecule has 2 aromatic carbocycles.